The molecule has 1 N–H and O–H groups in total. The molecule has 0 amide bonds. The number of fused-ring (bicyclic) bond motifs is 1. The van der Waals surface area contributed by atoms with Crippen molar-refractivity contribution in [2.24, 2.45) is 0 Å². The first kappa shape index (κ1) is 15.8. The van der Waals surface area contributed by atoms with Gasteiger partial charge in [-0.15, -0.1) is 11.3 Å². The summed E-state index contributed by atoms with van der Waals surface area (Å²) in [7, 11) is 0. The third kappa shape index (κ3) is 3.11. The molecular weight excluding hydrogens is 358 g/mol. The summed E-state index contributed by atoms with van der Waals surface area (Å²) in [6.07, 6.45) is 2.21. The van der Waals surface area contributed by atoms with Gasteiger partial charge in [-0.05, 0) is 61.5 Å². The minimum Gasteiger partial charge on any atom is -0.340 e. The molecule has 2 heterocycles. The van der Waals surface area contributed by atoms with Gasteiger partial charge in [0.2, 0.25) is 0 Å². The van der Waals surface area contributed by atoms with Crippen LogP contribution in [-0.2, 0) is 0 Å². The molecule has 1 aliphatic heterocycles. The first-order chi connectivity index (χ1) is 11.7. The second kappa shape index (κ2) is 6.67. The Kier molecular flexibility index (Phi) is 4.39. The SMILES string of the molecule is S=C(Nc1ccc(Cl)cc1)N1CCC[C@@H]1c1nc2ccccc2s1. The number of halogens is 1. The third-order valence-electron chi connectivity index (χ3n) is 4.20. The van der Waals surface area contributed by atoms with Gasteiger partial charge in [-0.3, -0.25) is 0 Å². The minimum atomic E-state index is 0.259. The fourth-order valence-electron chi connectivity index (χ4n) is 3.03. The predicted octanol–water partition coefficient (Wildman–Crippen LogP) is 5.48. The van der Waals surface area contributed by atoms with E-state index in [1.54, 1.807) is 11.3 Å². The van der Waals surface area contributed by atoms with E-state index in [9.17, 15) is 0 Å². The van der Waals surface area contributed by atoms with Crippen LogP contribution in [0, 0.1) is 0 Å². The molecule has 6 heteroatoms. The summed E-state index contributed by atoms with van der Waals surface area (Å²) in [6, 6.07) is 16.2. The van der Waals surface area contributed by atoms with Crippen molar-refractivity contribution in [1.29, 1.82) is 0 Å². The number of anilines is 1. The molecule has 1 aromatic heterocycles. The Labute approximate surface area is 155 Å². The first-order valence-electron chi connectivity index (χ1n) is 7.89. The number of rotatable bonds is 2. The van der Waals surface area contributed by atoms with Crippen LogP contribution < -0.4 is 5.32 Å². The lowest BCUT2D eigenvalue weighted by Crippen LogP contribution is -2.34. The van der Waals surface area contributed by atoms with Crippen LogP contribution in [0.1, 0.15) is 23.9 Å². The number of thiazole rings is 1. The molecule has 1 aliphatic rings. The molecule has 1 fully saturated rings. The smallest absolute Gasteiger partial charge is 0.174 e. The second-order valence-electron chi connectivity index (χ2n) is 5.81. The lowest BCUT2D eigenvalue weighted by atomic mass is 10.2. The van der Waals surface area contributed by atoms with Crippen LogP contribution in [0.3, 0.4) is 0 Å². The van der Waals surface area contributed by atoms with Crippen molar-refractivity contribution < 1.29 is 0 Å². The molecule has 4 rings (SSSR count). The summed E-state index contributed by atoms with van der Waals surface area (Å²) < 4.78 is 1.23. The zero-order chi connectivity index (χ0) is 16.5. The molecule has 0 aliphatic carbocycles. The van der Waals surface area contributed by atoms with E-state index >= 15 is 0 Å². The quantitative estimate of drug-likeness (QED) is 0.602. The summed E-state index contributed by atoms with van der Waals surface area (Å²) in [4.78, 5) is 7.07. The van der Waals surface area contributed by atoms with E-state index in [-0.39, 0.29) is 6.04 Å². The molecular formula is C18H16ClN3S2. The second-order valence-corrected chi connectivity index (χ2v) is 7.69. The van der Waals surface area contributed by atoms with E-state index in [0.717, 1.165) is 45.7 Å². The number of likely N-dealkylation sites (tertiary alicyclic amines) is 1. The molecule has 1 saturated heterocycles. The molecule has 0 bridgehead atoms. The minimum absolute atomic E-state index is 0.259. The predicted molar refractivity (Wildman–Crippen MR) is 106 cm³/mol. The first-order valence-corrected chi connectivity index (χ1v) is 9.49. The number of benzene rings is 2. The van der Waals surface area contributed by atoms with E-state index < -0.39 is 0 Å². The maximum Gasteiger partial charge on any atom is 0.174 e. The topological polar surface area (TPSA) is 28.2 Å². The lowest BCUT2D eigenvalue weighted by Gasteiger charge is -2.26. The van der Waals surface area contributed by atoms with Crippen LogP contribution in [0.15, 0.2) is 48.5 Å². The third-order valence-corrected chi connectivity index (χ3v) is 5.93. The van der Waals surface area contributed by atoms with Crippen molar-refractivity contribution in [2.75, 3.05) is 11.9 Å². The fraction of sp³-hybridized carbons (Fsp3) is 0.222. The van der Waals surface area contributed by atoms with Gasteiger partial charge in [-0.2, -0.15) is 0 Å². The Bertz CT molecular complexity index is 842. The Morgan fingerprint density at radius 3 is 2.79 bits per heavy atom. The molecule has 24 heavy (non-hydrogen) atoms. The van der Waals surface area contributed by atoms with E-state index in [0.29, 0.717) is 0 Å². The Morgan fingerprint density at radius 1 is 1.21 bits per heavy atom. The maximum atomic E-state index is 5.94. The van der Waals surface area contributed by atoms with Crippen molar-refractivity contribution in [1.82, 2.24) is 9.88 Å². The average Bonchev–Trinajstić information content (AvgIpc) is 3.23. The van der Waals surface area contributed by atoms with Crippen LogP contribution in [-0.4, -0.2) is 21.5 Å². The van der Waals surface area contributed by atoms with E-state index in [1.165, 1.54) is 4.70 Å². The van der Waals surface area contributed by atoms with Gasteiger partial charge in [0.1, 0.15) is 5.01 Å². The lowest BCUT2D eigenvalue weighted by molar-refractivity contribution is 0.405. The van der Waals surface area contributed by atoms with Crippen molar-refractivity contribution in [3.63, 3.8) is 0 Å². The van der Waals surface area contributed by atoms with Gasteiger partial charge < -0.3 is 10.2 Å². The summed E-state index contributed by atoms with van der Waals surface area (Å²) in [5.41, 5.74) is 2.03. The Morgan fingerprint density at radius 2 is 2.00 bits per heavy atom. The van der Waals surface area contributed by atoms with Gasteiger partial charge >= 0.3 is 0 Å². The van der Waals surface area contributed by atoms with Gasteiger partial charge in [-0.25, -0.2) is 4.98 Å². The van der Waals surface area contributed by atoms with Crippen LogP contribution in [0.25, 0.3) is 10.2 Å². The fourth-order valence-corrected chi connectivity index (χ4v) is 4.61. The molecule has 122 valence electrons. The van der Waals surface area contributed by atoms with E-state index in [2.05, 4.69) is 28.4 Å². The Balaban J connectivity index is 1.55. The van der Waals surface area contributed by atoms with Crippen LogP contribution in [0.4, 0.5) is 5.69 Å². The number of thiocarbonyl (C=S) groups is 1. The molecule has 3 nitrogen and oxygen atoms in total. The van der Waals surface area contributed by atoms with Crippen LogP contribution in [0.5, 0.6) is 0 Å². The van der Waals surface area contributed by atoms with Crippen LogP contribution >= 0.6 is 35.2 Å². The molecule has 2 aromatic carbocycles. The molecule has 0 saturated carbocycles. The molecule has 0 spiro atoms. The van der Waals surface area contributed by atoms with Crippen molar-refractivity contribution in [2.45, 2.75) is 18.9 Å². The highest BCUT2D eigenvalue weighted by atomic mass is 35.5. The maximum absolute atomic E-state index is 5.94. The summed E-state index contributed by atoms with van der Waals surface area (Å²) >= 11 is 13.4. The summed E-state index contributed by atoms with van der Waals surface area (Å²) in [6.45, 7) is 0.958. The molecule has 0 unspecified atom stereocenters. The summed E-state index contributed by atoms with van der Waals surface area (Å²) in [5.74, 6) is 0. The largest absolute Gasteiger partial charge is 0.340 e. The number of para-hydroxylation sites is 1. The van der Waals surface area contributed by atoms with E-state index in [1.807, 2.05) is 30.3 Å². The normalized spacial score (nSPS) is 17.4. The number of hydrogen-bond acceptors (Lipinski definition) is 3. The average molecular weight is 374 g/mol. The summed E-state index contributed by atoms with van der Waals surface area (Å²) in [5, 5.41) is 5.94. The van der Waals surface area contributed by atoms with Gasteiger partial charge in [0.25, 0.3) is 0 Å². The zero-order valence-electron chi connectivity index (χ0n) is 12.9. The van der Waals surface area contributed by atoms with Crippen molar-refractivity contribution in [3.8, 4) is 0 Å². The molecule has 0 radical (unpaired) electrons. The van der Waals surface area contributed by atoms with E-state index in [4.69, 9.17) is 28.8 Å². The van der Waals surface area contributed by atoms with Gasteiger partial charge in [0, 0.05) is 17.3 Å². The number of nitrogens with one attached hydrogen (secondary N) is 1. The molecule has 1 atom stereocenters. The van der Waals surface area contributed by atoms with Crippen molar-refractivity contribution in [3.05, 3.63) is 58.6 Å². The Hall–Kier alpha value is -1.69. The van der Waals surface area contributed by atoms with Crippen molar-refractivity contribution >= 4 is 56.2 Å². The number of hydrogen-bond donors (Lipinski definition) is 1. The highest BCUT2D eigenvalue weighted by Crippen LogP contribution is 2.36. The van der Waals surface area contributed by atoms with Gasteiger partial charge in [0.15, 0.2) is 5.11 Å². The van der Waals surface area contributed by atoms with Crippen LogP contribution in [0.2, 0.25) is 5.02 Å². The van der Waals surface area contributed by atoms with Gasteiger partial charge in [-0.1, -0.05) is 23.7 Å². The van der Waals surface area contributed by atoms with Gasteiger partial charge in [0.05, 0.1) is 16.3 Å². The number of aromatic nitrogens is 1. The monoisotopic (exact) mass is 373 g/mol. The standard InChI is InChI=1S/C18H16ClN3S2/c19-12-7-9-13(10-8-12)20-18(23)22-11-3-5-15(22)17-21-14-4-1-2-6-16(14)24-17/h1-2,4,6-10,15H,3,5,11H2,(H,20,23)/t15-/m1/s1. The highest BCUT2D eigenvalue weighted by Gasteiger charge is 2.30. The number of nitrogens with zero attached hydrogens (tertiary/aromatic N) is 2. The molecule has 3 aromatic rings. The zero-order valence-corrected chi connectivity index (χ0v) is 15.3. The highest BCUT2D eigenvalue weighted by molar-refractivity contribution is 7.80.